The van der Waals surface area contributed by atoms with Crippen molar-refractivity contribution in [2.24, 2.45) is 11.3 Å². The lowest BCUT2D eigenvalue weighted by molar-refractivity contribution is 0.0353. The van der Waals surface area contributed by atoms with E-state index in [0.29, 0.717) is 23.5 Å². The molecule has 4 atom stereocenters. The Morgan fingerprint density at radius 3 is 2.24 bits per heavy atom. The maximum Gasteiger partial charge on any atom is 0.0255 e. The van der Waals surface area contributed by atoms with E-state index in [4.69, 9.17) is 0 Å². The topological polar surface area (TPSA) is 18.5 Å². The van der Waals surface area contributed by atoms with E-state index in [1.54, 1.807) is 0 Å². The number of rotatable bonds is 6. The van der Waals surface area contributed by atoms with Crippen LogP contribution in [0.2, 0.25) is 0 Å². The average molecular weight is 298 g/mol. The second-order valence-corrected chi connectivity index (χ2v) is 8.28. The highest BCUT2D eigenvalue weighted by Crippen LogP contribution is 2.39. The molecule has 1 fully saturated rings. The van der Waals surface area contributed by atoms with E-state index >= 15 is 0 Å². The van der Waals surface area contributed by atoms with Gasteiger partial charge in [-0.15, -0.1) is 0 Å². The van der Waals surface area contributed by atoms with Gasteiger partial charge in [0.1, 0.15) is 0 Å². The lowest BCUT2D eigenvalue weighted by atomic mass is 9.69. The van der Waals surface area contributed by atoms with Gasteiger partial charge in [0.05, 0.1) is 0 Å². The van der Waals surface area contributed by atoms with Crippen LogP contribution in [0.5, 0.6) is 0 Å². The van der Waals surface area contributed by atoms with Crippen LogP contribution in [0, 0.1) is 11.3 Å². The van der Waals surface area contributed by atoms with Crippen LogP contribution in [-0.2, 0) is 0 Å². The van der Waals surface area contributed by atoms with Crippen molar-refractivity contribution in [2.75, 3.05) is 34.2 Å². The number of hydrogen-bond donors (Lipinski definition) is 1. The third-order valence-electron chi connectivity index (χ3n) is 5.40. The van der Waals surface area contributed by atoms with Crippen molar-refractivity contribution in [2.45, 2.75) is 72.0 Å². The summed E-state index contributed by atoms with van der Waals surface area (Å²) >= 11 is 0. The van der Waals surface area contributed by atoms with Gasteiger partial charge in [-0.1, -0.05) is 27.7 Å². The van der Waals surface area contributed by atoms with Gasteiger partial charge >= 0.3 is 0 Å². The number of hydrogen-bond acceptors (Lipinski definition) is 3. The minimum Gasteiger partial charge on any atom is -0.315 e. The largest absolute Gasteiger partial charge is 0.315 e. The van der Waals surface area contributed by atoms with E-state index < -0.39 is 0 Å². The molecule has 0 radical (unpaired) electrons. The Hall–Kier alpha value is -0.120. The van der Waals surface area contributed by atoms with Crippen LogP contribution in [-0.4, -0.2) is 62.2 Å². The molecule has 0 bridgehead atoms. The third kappa shape index (κ3) is 5.22. The SMILES string of the molecule is CCN(C(C)CN(C)C)C1CC(C(C)(C)C)CCC1NC. The van der Waals surface area contributed by atoms with Crippen molar-refractivity contribution in [1.29, 1.82) is 0 Å². The van der Waals surface area contributed by atoms with E-state index in [2.05, 4.69) is 70.9 Å². The predicted octanol–water partition coefficient (Wildman–Crippen LogP) is 3.06. The van der Waals surface area contributed by atoms with Crippen molar-refractivity contribution < 1.29 is 0 Å². The Bertz CT molecular complexity index is 295. The summed E-state index contributed by atoms with van der Waals surface area (Å²) < 4.78 is 0. The molecular weight excluding hydrogens is 258 g/mol. The molecule has 0 aliphatic heterocycles. The quantitative estimate of drug-likeness (QED) is 0.813. The molecule has 0 heterocycles. The molecule has 1 aliphatic carbocycles. The van der Waals surface area contributed by atoms with Gasteiger partial charge in [0.15, 0.2) is 0 Å². The summed E-state index contributed by atoms with van der Waals surface area (Å²) in [6.07, 6.45) is 4.01. The number of nitrogens with zero attached hydrogens (tertiary/aromatic N) is 2. The standard InChI is InChI=1S/C18H39N3/c1-9-21(14(2)13-20(7)8)17-12-15(18(3,4)5)10-11-16(17)19-6/h14-17,19H,9-13H2,1-8H3. The molecule has 1 aliphatic rings. The highest BCUT2D eigenvalue weighted by molar-refractivity contribution is 4.95. The number of nitrogens with one attached hydrogen (secondary N) is 1. The van der Waals surface area contributed by atoms with Crippen LogP contribution in [0.3, 0.4) is 0 Å². The fourth-order valence-electron chi connectivity index (χ4n) is 4.14. The van der Waals surface area contributed by atoms with Gasteiger partial charge in [-0.2, -0.15) is 0 Å². The van der Waals surface area contributed by atoms with E-state index in [9.17, 15) is 0 Å². The van der Waals surface area contributed by atoms with Gasteiger partial charge in [0.25, 0.3) is 0 Å². The normalized spacial score (nSPS) is 29.1. The Balaban J connectivity index is 2.85. The zero-order chi connectivity index (χ0) is 16.2. The van der Waals surface area contributed by atoms with Gasteiger partial charge in [0, 0.05) is 24.7 Å². The van der Waals surface area contributed by atoms with Crippen LogP contribution in [0.25, 0.3) is 0 Å². The van der Waals surface area contributed by atoms with E-state index in [-0.39, 0.29) is 0 Å². The van der Waals surface area contributed by atoms with E-state index in [0.717, 1.165) is 19.0 Å². The van der Waals surface area contributed by atoms with Gasteiger partial charge in [-0.3, -0.25) is 4.90 Å². The maximum absolute atomic E-state index is 3.59. The molecule has 126 valence electrons. The summed E-state index contributed by atoms with van der Waals surface area (Å²) in [6, 6.07) is 1.94. The molecule has 0 aromatic heterocycles. The first-order valence-corrected chi connectivity index (χ1v) is 8.78. The van der Waals surface area contributed by atoms with Crippen molar-refractivity contribution in [3.63, 3.8) is 0 Å². The second kappa shape index (κ2) is 7.94. The third-order valence-corrected chi connectivity index (χ3v) is 5.40. The van der Waals surface area contributed by atoms with Crippen molar-refractivity contribution >= 4 is 0 Å². The van der Waals surface area contributed by atoms with Crippen molar-refractivity contribution in [3.8, 4) is 0 Å². The van der Waals surface area contributed by atoms with Gasteiger partial charge in [-0.25, -0.2) is 0 Å². The van der Waals surface area contributed by atoms with E-state index in [1.807, 2.05) is 0 Å². The molecule has 1 rings (SSSR count). The molecular formula is C18H39N3. The maximum atomic E-state index is 3.59. The van der Waals surface area contributed by atoms with Gasteiger partial charge in [0.2, 0.25) is 0 Å². The average Bonchev–Trinajstić information content (AvgIpc) is 2.37. The summed E-state index contributed by atoms with van der Waals surface area (Å²) in [5.41, 5.74) is 0.432. The Labute approximate surface area is 133 Å². The molecule has 1 saturated carbocycles. The molecule has 3 nitrogen and oxygen atoms in total. The summed E-state index contributed by atoms with van der Waals surface area (Å²) in [6.45, 7) is 14.2. The van der Waals surface area contributed by atoms with Crippen LogP contribution < -0.4 is 5.32 Å². The van der Waals surface area contributed by atoms with Crippen LogP contribution in [0.1, 0.15) is 53.9 Å². The first-order valence-electron chi connectivity index (χ1n) is 8.78. The fourth-order valence-corrected chi connectivity index (χ4v) is 4.14. The Morgan fingerprint density at radius 2 is 1.81 bits per heavy atom. The molecule has 0 aromatic carbocycles. The zero-order valence-corrected chi connectivity index (χ0v) is 15.7. The van der Waals surface area contributed by atoms with Gasteiger partial charge in [-0.05, 0) is 65.2 Å². The minimum absolute atomic E-state index is 0.432. The molecule has 3 heteroatoms. The molecule has 0 spiro atoms. The molecule has 1 N–H and O–H groups in total. The molecule has 0 aromatic rings. The van der Waals surface area contributed by atoms with Crippen molar-refractivity contribution in [1.82, 2.24) is 15.1 Å². The highest BCUT2D eigenvalue weighted by Gasteiger charge is 2.38. The molecule has 0 amide bonds. The second-order valence-electron chi connectivity index (χ2n) is 8.28. The van der Waals surface area contributed by atoms with Crippen molar-refractivity contribution in [3.05, 3.63) is 0 Å². The molecule has 4 unspecified atom stereocenters. The minimum atomic E-state index is 0.432. The highest BCUT2D eigenvalue weighted by atomic mass is 15.2. The number of likely N-dealkylation sites (N-methyl/N-ethyl adjacent to an activating group) is 3. The van der Waals surface area contributed by atoms with Crippen LogP contribution in [0.15, 0.2) is 0 Å². The summed E-state index contributed by atoms with van der Waals surface area (Å²) in [7, 11) is 6.50. The first-order chi connectivity index (χ1) is 9.70. The first kappa shape index (κ1) is 18.9. The smallest absolute Gasteiger partial charge is 0.0255 e. The predicted molar refractivity (Wildman–Crippen MR) is 93.8 cm³/mol. The zero-order valence-electron chi connectivity index (χ0n) is 15.7. The summed E-state index contributed by atoms with van der Waals surface area (Å²) in [5.74, 6) is 0.840. The Kier molecular flexibility index (Phi) is 7.15. The summed E-state index contributed by atoms with van der Waals surface area (Å²) in [5, 5.41) is 3.59. The Morgan fingerprint density at radius 1 is 1.19 bits per heavy atom. The van der Waals surface area contributed by atoms with Crippen LogP contribution in [0.4, 0.5) is 0 Å². The summed E-state index contributed by atoms with van der Waals surface area (Å²) in [4.78, 5) is 5.05. The van der Waals surface area contributed by atoms with Crippen LogP contribution >= 0.6 is 0 Å². The lowest BCUT2D eigenvalue weighted by Crippen LogP contribution is -2.57. The molecule has 21 heavy (non-hydrogen) atoms. The van der Waals surface area contributed by atoms with E-state index in [1.165, 1.54) is 19.3 Å². The fraction of sp³-hybridized carbons (Fsp3) is 1.00. The van der Waals surface area contributed by atoms with Gasteiger partial charge < -0.3 is 10.2 Å². The lowest BCUT2D eigenvalue weighted by Gasteiger charge is -2.48. The monoisotopic (exact) mass is 297 g/mol. The molecule has 0 saturated heterocycles.